The smallest absolute Gasteiger partial charge is 0.235 e. The van der Waals surface area contributed by atoms with E-state index in [2.05, 4.69) is 16.4 Å². The Balaban J connectivity index is 1.62. The molecule has 0 radical (unpaired) electrons. The molecule has 1 spiro atoms. The van der Waals surface area contributed by atoms with E-state index in [4.69, 9.17) is 0 Å². The number of nitrogens with one attached hydrogen (secondary N) is 2. The van der Waals surface area contributed by atoms with Crippen molar-refractivity contribution in [2.75, 3.05) is 0 Å². The number of fused-ring (bicyclic) bond motifs is 1. The SMILES string of the molecule is CC1=C(C)[C@H]2[C@H](Cc3c[nH]c4ccccc34)NC(=O)[C@@]23C(=O)CCC(=O)C[C@@H](C)C/C=C/[C@H]3[C@@H]1O. The molecule has 3 N–H and O–H groups in total. The molecule has 0 saturated carbocycles. The molecule has 6 nitrogen and oxygen atoms in total. The number of hydrogen-bond donors (Lipinski definition) is 3. The summed E-state index contributed by atoms with van der Waals surface area (Å²) in [6, 6.07) is 7.76. The van der Waals surface area contributed by atoms with Gasteiger partial charge in [0.05, 0.1) is 6.10 Å². The maximum absolute atomic E-state index is 14.0. The van der Waals surface area contributed by atoms with Gasteiger partial charge < -0.3 is 15.4 Å². The Kier molecular flexibility index (Phi) is 6.04. The molecule has 2 heterocycles. The van der Waals surface area contributed by atoms with Gasteiger partial charge in [0.1, 0.15) is 17.0 Å². The van der Waals surface area contributed by atoms with Gasteiger partial charge in [0, 0.05) is 54.2 Å². The maximum atomic E-state index is 14.0. The van der Waals surface area contributed by atoms with Crippen LogP contribution in [-0.2, 0) is 20.8 Å². The second kappa shape index (κ2) is 8.90. The summed E-state index contributed by atoms with van der Waals surface area (Å²) < 4.78 is 0. The normalized spacial score (nSPS) is 34.9. The van der Waals surface area contributed by atoms with E-state index in [0.717, 1.165) is 27.6 Å². The number of aromatic amines is 1. The van der Waals surface area contributed by atoms with Crippen molar-refractivity contribution in [3.05, 3.63) is 59.3 Å². The average molecular weight is 475 g/mol. The van der Waals surface area contributed by atoms with Gasteiger partial charge in [0.25, 0.3) is 0 Å². The van der Waals surface area contributed by atoms with Crippen molar-refractivity contribution in [1.82, 2.24) is 10.3 Å². The first kappa shape index (κ1) is 23.7. The molecule has 1 aliphatic heterocycles. The lowest BCUT2D eigenvalue weighted by Gasteiger charge is -2.46. The van der Waals surface area contributed by atoms with E-state index in [0.29, 0.717) is 19.3 Å². The first-order valence-corrected chi connectivity index (χ1v) is 12.7. The van der Waals surface area contributed by atoms with Crippen molar-refractivity contribution < 1.29 is 19.5 Å². The fourth-order valence-corrected chi connectivity index (χ4v) is 6.77. The third kappa shape index (κ3) is 3.70. The van der Waals surface area contributed by atoms with Crippen molar-refractivity contribution >= 4 is 28.4 Å². The van der Waals surface area contributed by atoms with Crippen LogP contribution in [0.3, 0.4) is 0 Å². The highest BCUT2D eigenvalue weighted by Gasteiger charge is 2.66. The van der Waals surface area contributed by atoms with Crippen LogP contribution in [0.25, 0.3) is 10.9 Å². The van der Waals surface area contributed by atoms with Gasteiger partial charge in [-0.25, -0.2) is 0 Å². The molecular weight excluding hydrogens is 440 g/mol. The minimum absolute atomic E-state index is 0.0265. The summed E-state index contributed by atoms with van der Waals surface area (Å²) in [5, 5.41) is 15.6. The third-order valence-corrected chi connectivity index (χ3v) is 8.65. The van der Waals surface area contributed by atoms with Crippen LogP contribution in [0.5, 0.6) is 0 Å². The zero-order chi connectivity index (χ0) is 24.9. The van der Waals surface area contributed by atoms with Gasteiger partial charge in [-0.3, -0.25) is 14.4 Å². The summed E-state index contributed by atoms with van der Waals surface area (Å²) in [6.07, 6.45) is 6.73. The Morgan fingerprint density at radius 1 is 1.09 bits per heavy atom. The third-order valence-electron chi connectivity index (χ3n) is 8.65. The lowest BCUT2D eigenvalue weighted by atomic mass is 9.54. The minimum atomic E-state index is -1.41. The first-order chi connectivity index (χ1) is 16.7. The molecular formula is C29H34N2O4. The molecule has 6 atom stereocenters. The van der Waals surface area contributed by atoms with E-state index in [9.17, 15) is 19.5 Å². The highest BCUT2D eigenvalue weighted by atomic mass is 16.3. The monoisotopic (exact) mass is 474 g/mol. The Labute approximate surface area is 205 Å². The topological polar surface area (TPSA) is 99.3 Å². The van der Waals surface area contributed by atoms with Gasteiger partial charge >= 0.3 is 0 Å². The predicted molar refractivity (Wildman–Crippen MR) is 135 cm³/mol. The van der Waals surface area contributed by atoms with Gasteiger partial charge in [0.15, 0.2) is 0 Å². The Bertz CT molecular complexity index is 1250. The van der Waals surface area contributed by atoms with E-state index in [1.54, 1.807) is 0 Å². The molecule has 184 valence electrons. The lowest BCUT2D eigenvalue weighted by molar-refractivity contribution is -0.148. The Morgan fingerprint density at radius 3 is 2.66 bits per heavy atom. The number of para-hydroxylation sites is 1. The van der Waals surface area contributed by atoms with Crippen LogP contribution >= 0.6 is 0 Å². The van der Waals surface area contributed by atoms with Crippen LogP contribution in [0.1, 0.15) is 52.0 Å². The standard InChI is InChI=1S/C29H34N2O4/c1-16-7-6-9-22-27(34)18(3)17(2)26-24(14-19-15-30-23-10-5-4-8-21(19)23)31-28(35)29(22,26)25(33)12-11-20(32)13-16/h4-6,8-10,15-16,22,24,26-27,30,34H,7,11-14H2,1-3H3,(H,31,35)/b9-6+/t16-,22-,24-,26-,27+,29-/m0/s1. The second-order valence-electron chi connectivity index (χ2n) is 10.8. The molecule has 35 heavy (non-hydrogen) atoms. The summed E-state index contributed by atoms with van der Waals surface area (Å²) in [7, 11) is 0. The summed E-state index contributed by atoms with van der Waals surface area (Å²) in [5.41, 5.74) is 2.42. The number of allylic oxidation sites excluding steroid dienone is 1. The molecule has 2 aliphatic carbocycles. The van der Waals surface area contributed by atoms with Gasteiger partial charge in [0.2, 0.25) is 5.91 Å². The number of carbonyl (C=O) groups is 3. The van der Waals surface area contributed by atoms with E-state index in [1.807, 2.05) is 57.3 Å². The lowest BCUT2D eigenvalue weighted by Crippen LogP contribution is -2.55. The van der Waals surface area contributed by atoms with Crippen molar-refractivity contribution in [1.29, 1.82) is 0 Å². The largest absolute Gasteiger partial charge is 0.388 e. The highest BCUT2D eigenvalue weighted by molar-refractivity contribution is 6.10. The fourth-order valence-electron chi connectivity index (χ4n) is 6.77. The number of Topliss-reactive ketones (excluding diaryl/α,β-unsaturated/α-hetero) is 2. The molecule has 1 aromatic heterocycles. The zero-order valence-corrected chi connectivity index (χ0v) is 20.6. The summed E-state index contributed by atoms with van der Waals surface area (Å²) >= 11 is 0. The van der Waals surface area contributed by atoms with Crippen LogP contribution in [0.4, 0.5) is 0 Å². The number of aromatic nitrogens is 1. The van der Waals surface area contributed by atoms with E-state index in [-0.39, 0.29) is 48.2 Å². The van der Waals surface area contributed by atoms with Crippen LogP contribution in [0.2, 0.25) is 0 Å². The molecule has 3 aliphatic rings. The van der Waals surface area contributed by atoms with Gasteiger partial charge in [-0.2, -0.15) is 0 Å². The Morgan fingerprint density at radius 2 is 1.86 bits per heavy atom. The molecule has 0 unspecified atom stereocenters. The molecule has 1 saturated heterocycles. The van der Waals surface area contributed by atoms with Gasteiger partial charge in [-0.15, -0.1) is 0 Å². The zero-order valence-electron chi connectivity index (χ0n) is 20.6. The number of hydrogen-bond acceptors (Lipinski definition) is 4. The number of benzene rings is 1. The summed E-state index contributed by atoms with van der Waals surface area (Å²) in [5.74, 6) is -1.38. The highest BCUT2D eigenvalue weighted by Crippen LogP contribution is 2.55. The number of ketones is 2. The molecule has 0 bridgehead atoms. The number of aliphatic hydroxyl groups excluding tert-OH is 1. The second-order valence-corrected chi connectivity index (χ2v) is 10.8. The number of carbonyl (C=O) groups excluding carboxylic acids is 3. The van der Waals surface area contributed by atoms with Crippen LogP contribution < -0.4 is 5.32 Å². The molecule has 2 aromatic rings. The fraction of sp³-hybridized carbons (Fsp3) is 0.483. The van der Waals surface area contributed by atoms with Gasteiger partial charge in [-0.1, -0.05) is 42.8 Å². The van der Waals surface area contributed by atoms with E-state index in [1.165, 1.54) is 0 Å². The summed E-state index contributed by atoms with van der Waals surface area (Å²) in [4.78, 5) is 43.7. The van der Waals surface area contributed by atoms with E-state index >= 15 is 0 Å². The maximum Gasteiger partial charge on any atom is 0.235 e. The number of amides is 1. The molecule has 6 heteroatoms. The van der Waals surface area contributed by atoms with Crippen molar-refractivity contribution in [2.45, 2.75) is 65.0 Å². The quantitative estimate of drug-likeness (QED) is 0.452. The molecule has 1 aromatic carbocycles. The summed E-state index contributed by atoms with van der Waals surface area (Å²) in [6.45, 7) is 5.87. The number of rotatable bonds is 2. The predicted octanol–water partition coefficient (Wildman–Crippen LogP) is 4.04. The first-order valence-electron chi connectivity index (χ1n) is 12.7. The molecule has 1 fully saturated rings. The van der Waals surface area contributed by atoms with E-state index < -0.39 is 17.4 Å². The minimum Gasteiger partial charge on any atom is -0.388 e. The van der Waals surface area contributed by atoms with Crippen molar-refractivity contribution in [2.24, 2.45) is 23.2 Å². The van der Waals surface area contributed by atoms with Crippen LogP contribution in [0, 0.1) is 23.2 Å². The van der Waals surface area contributed by atoms with Crippen LogP contribution in [-0.4, -0.2) is 39.7 Å². The van der Waals surface area contributed by atoms with Gasteiger partial charge in [-0.05, 0) is 49.8 Å². The molecule has 1 amide bonds. The number of H-pyrrole nitrogens is 1. The van der Waals surface area contributed by atoms with Crippen molar-refractivity contribution in [3.8, 4) is 0 Å². The molecule has 5 rings (SSSR count). The van der Waals surface area contributed by atoms with Crippen LogP contribution in [0.15, 0.2) is 53.8 Å². The van der Waals surface area contributed by atoms with Crippen molar-refractivity contribution in [3.63, 3.8) is 0 Å². The Hall–Kier alpha value is -2.99. The average Bonchev–Trinajstić information content (AvgIpc) is 3.36. The number of aliphatic hydroxyl groups is 1.